The summed E-state index contributed by atoms with van der Waals surface area (Å²) in [6.45, 7) is 5.92. The lowest BCUT2D eigenvalue weighted by Crippen LogP contribution is -2.39. The van der Waals surface area contributed by atoms with Crippen molar-refractivity contribution in [3.05, 3.63) is 82.3 Å². The Bertz CT molecular complexity index is 1270. The van der Waals surface area contributed by atoms with Gasteiger partial charge < -0.3 is 5.32 Å². The van der Waals surface area contributed by atoms with Crippen molar-refractivity contribution < 1.29 is 4.79 Å². The Morgan fingerprint density at radius 3 is 2.55 bits per heavy atom. The van der Waals surface area contributed by atoms with Gasteiger partial charge in [-0.05, 0) is 50.8 Å². The molecule has 1 N–H and O–H groups in total. The first-order valence-electron chi connectivity index (χ1n) is 10.8. The maximum Gasteiger partial charge on any atom is 0.273 e. The van der Waals surface area contributed by atoms with Crippen molar-refractivity contribution in [2.45, 2.75) is 52.1 Å². The number of aryl methyl sites for hydroxylation is 2. The SMILES string of the molecule is CC[C@@H](C(=O)N[C@H](C)CCc1ccccc1)n1c2ccccc2c2nc(=O)cc(C)n21. The van der Waals surface area contributed by atoms with Crippen molar-refractivity contribution in [1.29, 1.82) is 0 Å². The summed E-state index contributed by atoms with van der Waals surface area (Å²) in [5.74, 6) is -0.0242. The molecule has 2 heterocycles. The second-order valence-corrected chi connectivity index (χ2v) is 8.09. The van der Waals surface area contributed by atoms with Crippen LogP contribution >= 0.6 is 0 Å². The smallest absolute Gasteiger partial charge is 0.273 e. The van der Waals surface area contributed by atoms with Gasteiger partial charge in [-0.25, -0.2) is 4.52 Å². The highest BCUT2D eigenvalue weighted by Crippen LogP contribution is 2.26. The molecule has 0 unspecified atom stereocenters. The molecule has 0 radical (unpaired) electrons. The van der Waals surface area contributed by atoms with Crippen LogP contribution in [0.25, 0.3) is 16.6 Å². The molecule has 4 aromatic rings. The minimum atomic E-state index is -0.412. The van der Waals surface area contributed by atoms with Crippen LogP contribution < -0.4 is 10.9 Å². The van der Waals surface area contributed by atoms with Crippen molar-refractivity contribution in [1.82, 2.24) is 19.5 Å². The first kappa shape index (κ1) is 20.8. The third-order valence-electron chi connectivity index (χ3n) is 5.77. The Balaban J connectivity index is 1.65. The first-order chi connectivity index (χ1) is 15.0. The predicted octanol–water partition coefficient (Wildman–Crippen LogP) is 4.05. The standard InChI is InChI=1S/C25H28N4O2/c1-4-21(25(31)26-17(2)14-15-19-10-6-5-7-11-19)29-22-13-9-8-12-20(22)24-27-23(30)16-18(3)28(24)29/h5-13,16-17,21H,4,14-15H2,1-3H3,(H,26,31)/t17-,21+/m1/s1. The minimum Gasteiger partial charge on any atom is -0.352 e. The molecule has 1 amide bonds. The summed E-state index contributed by atoms with van der Waals surface area (Å²) in [4.78, 5) is 29.6. The predicted molar refractivity (Wildman–Crippen MR) is 123 cm³/mol. The van der Waals surface area contributed by atoms with Crippen LogP contribution in [0.1, 0.15) is 44.0 Å². The van der Waals surface area contributed by atoms with E-state index in [-0.39, 0.29) is 17.5 Å². The molecule has 0 aliphatic heterocycles. The van der Waals surface area contributed by atoms with E-state index in [1.807, 2.05) is 72.4 Å². The summed E-state index contributed by atoms with van der Waals surface area (Å²) >= 11 is 0. The molecule has 2 atom stereocenters. The van der Waals surface area contributed by atoms with Gasteiger partial charge in [-0.15, -0.1) is 0 Å². The van der Waals surface area contributed by atoms with Gasteiger partial charge in [-0.1, -0.05) is 49.4 Å². The molecule has 0 saturated carbocycles. The molecular formula is C25H28N4O2. The van der Waals surface area contributed by atoms with Crippen molar-refractivity contribution in [3.8, 4) is 0 Å². The number of aromatic nitrogens is 3. The zero-order valence-electron chi connectivity index (χ0n) is 18.2. The number of nitrogens with zero attached hydrogens (tertiary/aromatic N) is 3. The van der Waals surface area contributed by atoms with E-state index in [2.05, 4.69) is 22.4 Å². The highest BCUT2D eigenvalue weighted by molar-refractivity contribution is 5.94. The molecule has 0 saturated heterocycles. The van der Waals surface area contributed by atoms with Crippen LogP contribution in [-0.4, -0.2) is 26.1 Å². The van der Waals surface area contributed by atoms with Gasteiger partial charge in [-0.3, -0.25) is 14.3 Å². The van der Waals surface area contributed by atoms with Gasteiger partial charge in [0.15, 0.2) is 5.65 Å². The minimum absolute atomic E-state index is 0.0242. The number of carbonyl (C=O) groups is 1. The second-order valence-electron chi connectivity index (χ2n) is 8.09. The highest BCUT2D eigenvalue weighted by atomic mass is 16.2. The second kappa shape index (κ2) is 8.76. The van der Waals surface area contributed by atoms with Crippen molar-refractivity contribution in [2.75, 3.05) is 0 Å². The molecule has 0 aliphatic carbocycles. The van der Waals surface area contributed by atoms with Crippen molar-refractivity contribution >= 4 is 22.5 Å². The maximum atomic E-state index is 13.3. The largest absolute Gasteiger partial charge is 0.352 e. The zero-order valence-corrected chi connectivity index (χ0v) is 18.2. The summed E-state index contributed by atoms with van der Waals surface area (Å²) in [5.41, 5.74) is 3.23. The quantitative estimate of drug-likeness (QED) is 0.494. The Labute approximate surface area is 181 Å². The topological polar surface area (TPSA) is 68.4 Å². The van der Waals surface area contributed by atoms with Gasteiger partial charge in [-0.2, -0.15) is 4.98 Å². The van der Waals surface area contributed by atoms with Gasteiger partial charge >= 0.3 is 0 Å². The van der Waals surface area contributed by atoms with Gasteiger partial charge in [0.1, 0.15) is 6.04 Å². The van der Waals surface area contributed by atoms with E-state index < -0.39 is 6.04 Å². The number of nitrogens with one attached hydrogen (secondary N) is 1. The molecule has 0 spiro atoms. The summed E-state index contributed by atoms with van der Waals surface area (Å²) in [7, 11) is 0. The number of para-hydroxylation sites is 1. The lowest BCUT2D eigenvalue weighted by molar-refractivity contribution is -0.125. The fourth-order valence-electron chi connectivity index (χ4n) is 4.22. The third-order valence-corrected chi connectivity index (χ3v) is 5.77. The van der Waals surface area contributed by atoms with Crippen LogP contribution in [0.2, 0.25) is 0 Å². The average molecular weight is 417 g/mol. The molecule has 31 heavy (non-hydrogen) atoms. The first-order valence-corrected chi connectivity index (χ1v) is 10.8. The molecular weight excluding hydrogens is 388 g/mol. The van der Waals surface area contributed by atoms with Gasteiger partial charge in [0.25, 0.3) is 5.56 Å². The van der Waals surface area contributed by atoms with Crippen LogP contribution in [0, 0.1) is 6.92 Å². The summed E-state index contributed by atoms with van der Waals surface area (Å²) in [6, 6.07) is 19.2. The van der Waals surface area contributed by atoms with Gasteiger partial charge in [0.05, 0.1) is 5.52 Å². The van der Waals surface area contributed by atoms with E-state index in [0.717, 1.165) is 29.4 Å². The van der Waals surface area contributed by atoms with E-state index in [4.69, 9.17) is 0 Å². The number of amides is 1. The summed E-state index contributed by atoms with van der Waals surface area (Å²) < 4.78 is 3.88. The van der Waals surface area contributed by atoms with Gasteiger partial charge in [0.2, 0.25) is 5.91 Å². The summed E-state index contributed by atoms with van der Waals surface area (Å²) in [5, 5.41) is 4.06. The van der Waals surface area contributed by atoms with Crippen LogP contribution in [0.5, 0.6) is 0 Å². The van der Waals surface area contributed by atoms with Gasteiger partial charge in [0, 0.05) is 23.2 Å². The number of fused-ring (bicyclic) bond motifs is 3. The summed E-state index contributed by atoms with van der Waals surface area (Å²) in [6.07, 6.45) is 2.40. The normalized spacial score (nSPS) is 13.4. The third kappa shape index (κ3) is 4.10. The van der Waals surface area contributed by atoms with Crippen LogP contribution in [-0.2, 0) is 11.2 Å². The number of benzene rings is 2. The van der Waals surface area contributed by atoms with E-state index in [9.17, 15) is 9.59 Å². The molecule has 4 rings (SSSR count). The number of hydrogen-bond donors (Lipinski definition) is 1. The molecule has 6 heteroatoms. The Kier molecular flexibility index (Phi) is 5.89. The van der Waals surface area contributed by atoms with Crippen molar-refractivity contribution in [3.63, 3.8) is 0 Å². The molecule has 6 nitrogen and oxygen atoms in total. The molecule has 0 bridgehead atoms. The Morgan fingerprint density at radius 1 is 1.10 bits per heavy atom. The molecule has 0 fully saturated rings. The zero-order chi connectivity index (χ0) is 22.0. The monoisotopic (exact) mass is 416 g/mol. The Hall–Kier alpha value is -3.41. The molecule has 2 aromatic heterocycles. The average Bonchev–Trinajstić information content (AvgIpc) is 3.08. The molecule has 2 aromatic carbocycles. The molecule has 160 valence electrons. The van der Waals surface area contributed by atoms with Crippen LogP contribution in [0.3, 0.4) is 0 Å². The highest BCUT2D eigenvalue weighted by Gasteiger charge is 2.25. The fourth-order valence-corrected chi connectivity index (χ4v) is 4.22. The number of carbonyl (C=O) groups excluding carboxylic acids is 1. The number of rotatable bonds is 7. The van der Waals surface area contributed by atoms with E-state index in [1.54, 1.807) is 0 Å². The van der Waals surface area contributed by atoms with E-state index in [1.165, 1.54) is 11.6 Å². The van der Waals surface area contributed by atoms with Crippen molar-refractivity contribution in [2.24, 2.45) is 0 Å². The van der Waals surface area contributed by atoms with E-state index >= 15 is 0 Å². The lowest BCUT2D eigenvalue weighted by Gasteiger charge is -2.23. The Morgan fingerprint density at radius 2 is 1.81 bits per heavy atom. The van der Waals surface area contributed by atoms with Crippen LogP contribution in [0.15, 0.2) is 65.5 Å². The lowest BCUT2D eigenvalue weighted by atomic mass is 10.1. The maximum absolute atomic E-state index is 13.3. The molecule has 0 aliphatic rings. The van der Waals surface area contributed by atoms with E-state index in [0.29, 0.717) is 12.1 Å². The fraction of sp³-hybridized carbons (Fsp3) is 0.320. The number of hydrogen-bond acceptors (Lipinski definition) is 3. The van der Waals surface area contributed by atoms with Crippen LogP contribution in [0.4, 0.5) is 0 Å².